The lowest BCUT2D eigenvalue weighted by atomic mass is 9.49. The summed E-state index contributed by atoms with van der Waals surface area (Å²) < 4.78 is 18.9. The predicted octanol–water partition coefficient (Wildman–Crippen LogP) is 3.34. The van der Waals surface area contributed by atoms with Gasteiger partial charge in [0.15, 0.2) is 0 Å². The molecule has 5 fully saturated rings. The zero-order valence-corrected chi connectivity index (χ0v) is 17.0. The van der Waals surface area contributed by atoms with E-state index in [1.54, 1.807) is 4.90 Å². The second-order valence-electron chi connectivity index (χ2n) is 9.63. The summed E-state index contributed by atoms with van der Waals surface area (Å²) in [4.78, 5) is 30.1. The summed E-state index contributed by atoms with van der Waals surface area (Å²) in [6.07, 6.45) is 7.17. The number of ether oxygens (including phenoxy) is 1. The largest absolute Gasteiger partial charge is 0.496 e. The maximum Gasteiger partial charge on any atom is 0.257 e. The molecule has 5 nitrogen and oxygen atoms in total. The Labute approximate surface area is 171 Å². The van der Waals surface area contributed by atoms with Gasteiger partial charge in [-0.25, -0.2) is 4.39 Å². The Kier molecular flexibility index (Phi) is 4.56. The lowest BCUT2D eigenvalue weighted by Gasteiger charge is -2.57. The molecule has 5 aliphatic rings. The van der Waals surface area contributed by atoms with Crippen molar-refractivity contribution >= 4 is 11.8 Å². The minimum absolute atomic E-state index is 0.132. The quantitative estimate of drug-likeness (QED) is 0.782. The molecule has 0 unspecified atom stereocenters. The maximum absolute atomic E-state index is 13.7. The molecule has 0 atom stereocenters. The van der Waals surface area contributed by atoms with Crippen molar-refractivity contribution in [2.24, 2.45) is 23.2 Å². The van der Waals surface area contributed by atoms with E-state index in [4.69, 9.17) is 4.74 Å². The normalized spacial score (nSPS) is 33.1. The van der Waals surface area contributed by atoms with Gasteiger partial charge < -0.3 is 14.5 Å². The topological polar surface area (TPSA) is 49.9 Å². The number of methoxy groups -OCH3 is 1. The number of nitrogens with zero attached hydrogens (tertiary/aromatic N) is 2. The van der Waals surface area contributed by atoms with Crippen molar-refractivity contribution in [3.63, 3.8) is 0 Å². The molecule has 0 N–H and O–H groups in total. The standard InChI is InChI=1S/C23H29FN2O3/c1-29-20-3-2-18(24)11-19(20)21(27)25-4-6-26(7-5-25)22(28)23-12-15-8-16(13-23)10-17(9-15)14-23/h2-3,11,15-17H,4-10,12-14H2,1H3. The lowest BCUT2D eigenvalue weighted by molar-refractivity contribution is -0.159. The fourth-order valence-electron chi connectivity index (χ4n) is 6.84. The van der Waals surface area contributed by atoms with Crippen LogP contribution < -0.4 is 4.74 Å². The highest BCUT2D eigenvalue weighted by Gasteiger charge is 2.55. The fourth-order valence-corrected chi connectivity index (χ4v) is 6.84. The van der Waals surface area contributed by atoms with Crippen LogP contribution in [0.15, 0.2) is 18.2 Å². The van der Waals surface area contributed by atoms with E-state index >= 15 is 0 Å². The maximum atomic E-state index is 13.7. The number of carbonyl (C=O) groups is 2. The third-order valence-electron chi connectivity index (χ3n) is 7.74. The van der Waals surface area contributed by atoms with Gasteiger partial charge in [-0.15, -0.1) is 0 Å². The molecule has 1 heterocycles. The minimum atomic E-state index is -0.454. The van der Waals surface area contributed by atoms with Crippen molar-refractivity contribution in [3.8, 4) is 5.75 Å². The fraction of sp³-hybridized carbons (Fsp3) is 0.652. The van der Waals surface area contributed by atoms with Crippen molar-refractivity contribution in [2.45, 2.75) is 38.5 Å². The Morgan fingerprint density at radius 2 is 1.52 bits per heavy atom. The van der Waals surface area contributed by atoms with Gasteiger partial charge in [0.25, 0.3) is 5.91 Å². The van der Waals surface area contributed by atoms with Crippen LogP contribution in [0.1, 0.15) is 48.9 Å². The number of rotatable bonds is 3. The van der Waals surface area contributed by atoms with Gasteiger partial charge in [-0.05, 0) is 74.5 Å². The molecule has 1 aromatic carbocycles. The molecule has 4 saturated carbocycles. The van der Waals surface area contributed by atoms with Crippen LogP contribution >= 0.6 is 0 Å². The summed E-state index contributed by atoms with van der Waals surface area (Å²) >= 11 is 0. The second kappa shape index (κ2) is 6.99. The molecule has 1 aromatic rings. The molecule has 1 aliphatic heterocycles. The van der Waals surface area contributed by atoms with Gasteiger partial charge >= 0.3 is 0 Å². The van der Waals surface area contributed by atoms with Crippen LogP contribution in [-0.2, 0) is 4.79 Å². The molecule has 29 heavy (non-hydrogen) atoms. The first kappa shape index (κ1) is 18.9. The zero-order valence-electron chi connectivity index (χ0n) is 17.0. The van der Waals surface area contributed by atoms with E-state index in [2.05, 4.69) is 0 Å². The van der Waals surface area contributed by atoms with Crippen LogP contribution in [0.5, 0.6) is 5.75 Å². The molecule has 0 spiro atoms. The Hall–Kier alpha value is -2.11. The molecule has 0 radical (unpaired) electrons. The first-order valence-corrected chi connectivity index (χ1v) is 10.9. The van der Waals surface area contributed by atoms with E-state index in [-0.39, 0.29) is 16.9 Å². The Morgan fingerprint density at radius 1 is 0.966 bits per heavy atom. The van der Waals surface area contributed by atoms with E-state index < -0.39 is 5.82 Å². The lowest BCUT2D eigenvalue weighted by Crippen LogP contribution is -2.58. The summed E-state index contributed by atoms with van der Waals surface area (Å²) in [6.45, 7) is 2.08. The van der Waals surface area contributed by atoms with Gasteiger partial charge in [0.05, 0.1) is 18.1 Å². The van der Waals surface area contributed by atoms with Crippen molar-refractivity contribution in [2.75, 3.05) is 33.3 Å². The van der Waals surface area contributed by atoms with Crippen molar-refractivity contribution in [1.82, 2.24) is 9.80 Å². The van der Waals surface area contributed by atoms with Crippen LogP contribution in [0.25, 0.3) is 0 Å². The van der Waals surface area contributed by atoms with E-state index in [0.717, 1.165) is 37.0 Å². The van der Waals surface area contributed by atoms with Crippen molar-refractivity contribution in [3.05, 3.63) is 29.6 Å². The van der Waals surface area contributed by atoms with Crippen LogP contribution in [0.4, 0.5) is 4.39 Å². The van der Waals surface area contributed by atoms with Crippen LogP contribution in [-0.4, -0.2) is 54.9 Å². The number of carbonyl (C=O) groups excluding carboxylic acids is 2. The van der Waals surface area contributed by atoms with Gasteiger partial charge in [0.1, 0.15) is 11.6 Å². The third-order valence-corrected chi connectivity index (χ3v) is 7.74. The van der Waals surface area contributed by atoms with E-state index in [9.17, 15) is 14.0 Å². The average molecular weight is 400 g/mol. The monoisotopic (exact) mass is 400 g/mol. The Bertz CT molecular complexity index is 796. The summed E-state index contributed by atoms with van der Waals surface area (Å²) in [6, 6.07) is 4.00. The summed E-state index contributed by atoms with van der Waals surface area (Å²) in [7, 11) is 1.48. The zero-order chi connectivity index (χ0) is 20.2. The molecule has 4 aliphatic carbocycles. The second-order valence-corrected chi connectivity index (χ2v) is 9.63. The summed E-state index contributed by atoms with van der Waals surface area (Å²) in [5.74, 6) is 2.25. The molecular weight excluding hydrogens is 371 g/mol. The number of hydrogen-bond acceptors (Lipinski definition) is 3. The average Bonchev–Trinajstić information content (AvgIpc) is 2.72. The van der Waals surface area contributed by atoms with Crippen LogP contribution in [0, 0.1) is 29.0 Å². The highest BCUT2D eigenvalue weighted by atomic mass is 19.1. The predicted molar refractivity (Wildman–Crippen MR) is 106 cm³/mol. The molecule has 156 valence electrons. The minimum Gasteiger partial charge on any atom is -0.496 e. The van der Waals surface area contributed by atoms with Gasteiger partial charge in [-0.3, -0.25) is 9.59 Å². The highest BCUT2D eigenvalue weighted by molar-refractivity contribution is 5.97. The first-order chi connectivity index (χ1) is 14.0. The molecule has 4 bridgehead atoms. The highest BCUT2D eigenvalue weighted by Crippen LogP contribution is 2.60. The van der Waals surface area contributed by atoms with Crippen LogP contribution in [0.2, 0.25) is 0 Å². The van der Waals surface area contributed by atoms with Crippen molar-refractivity contribution in [1.29, 1.82) is 0 Å². The number of hydrogen-bond donors (Lipinski definition) is 0. The molecule has 6 heteroatoms. The van der Waals surface area contributed by atoms with E-state index in [0.29, 0.717) is 37.8 Å². The molecule has 6 rings (SSSR count). The van der Waals surface area contributed by atoms with E-state index in [1.165, 1.54) is 44.6 Å². The van der Waals surface area contributed by atoms with E-state index in [1.807, 2.05) is 4.90 Å². The molecule has 1 saturated heterocycles. The SMILES string of the molecule is COc1ccc(F)cc1C(=O)N1CCN(C(=O)C23CC4CC(CC(C4)C2)C3)CC1. The van der Waals surface area contributed by atoms with Gasteiger partial charge in [-0.2, -0.15) is 0 Å². The number of amides is 2. The van der Waals surface area contributed by atoms with Gasteiger partial charge in [-0.1, -0.05) is 0 Å². The Balaban J connectivity index is 1.26. The summed E-state index contributed by atoms with van der Waals surface area (Å²) in [5.41, 5.74) is 0.112. The number of halogens is 1. The summed E-state index contributed by atoms with van der Waals surface area (Å²) in [5, 5.41) is 0. The Morgan fingerprint density at radius 3 is 2.07 bits per heavy atom. The number of piperazine rings is 1. The third kappa shape index (κ3) is 3.21. The first-order valence-electron chi connectivity index (χ1n) is 10.9. The molecule has 2 amide bonds. The smallest absolute Gasteiger partial charge is 0.257 e. The molecule has 0 aromatic heterocycles. The number of benzene rings is 1. The van der Waals surface area contributed by atoms with Crippen molar-refractivity contribution < 1.29 is 18.7 Å². The van der Waals surface area contributed by atoms with Crippen LogP contribution in [0.3, 0.4) is 0 Å². The van der Waals surface area contributed by atoms with Gasteiger partial charge in [0, 0.05) is 26.2 Å². The molecular formula is C23H29FN2O3. The van der Waals surface area contributed by atoms with Gasteiger partial charge in [0.2, 0.25) is 5.91 Å².